The second-order valence-electron chi connectivity index (χ2n) is 3.85. The number of carbonyl (C=O) groups is 1. The minimum absolute atomic E-state index is 0.00606. The Morgan fingerprint density at radius 2 is 1.62 bits per heavy atom. The summed E-state index contributed by atoms with van der Waals surface area (Å²) in [5, 5.41) is 7.58. The third kappa shape index (κ3) is 3.67. The molecule has 2 aromatic rings. The number of nitrogens with zero attached hydrogens (tertiary/aromatic N) is 2. The number of rotatable bonds is 4. The molecule has 1 aromatic carbocycles. The van der Waals surface area contributed by atoms with Gasteiger partial charge in [0.25, 0.3) is 0 Å². The minimum atomic E-state index is -3.75. The van der Waals surface area contributed by atoms with E-state index < -0.39 is 10.0 Å². The van der Waals surface area contributed by atoms with Gasteiger partial charge >= 0.3 is 0 Å². The molecule has 3 N–H and O–H groups in total. The fraction of sp³-hybridized carbons (Fsp3) is 0. The lowest BCUT2D eigenvalue weighted by molar-refractivity contribution is 0.112. The van der Waals surface area contributed by atoms with Crippen LogP contribution in [0.5, 0.6) is 0 Å². The maximum atomic E-state index is 11.1. The Balaban J connectivity index is 2.29. The van der Waals surface area contributed by atoms with Crippen LogP contribution in [0.15, 0.2) is 29.2 Å². The van der Waals surface area contributed by atoms with Gasteiger partial charge in [-0.1, -0.05) is 23.2 Å². The molecule has 2 rings (SSSR count). The molecule has 10 heteroatoms. The molecule has 0 saturated heterocycles. The van der Waals surface area contributed by atoms with Crippen LogP contribution in [-0.2, 0) is 10.0 Å². The molecule has 110 valence electrons. The standard InChI is InChI=1S/C11H8Cl2N4O3S/c12-9-8(5-18)10(13)17-11(16-9)15-6-1-3-7(4-2-6)21(14,19)20/h1-5H,(H2,14,19,20)(H,15,16,17). The van der Waals surface area contributed by atoms with E-state index in [-0.39, 0.29) is 26.7 Å². The number of aldehydes is 1. The lowest BCUT2D eigenvalue weighted by Gasteiger charge is -2.07. The van der Waals surface area contributed by atoms with Crippen LogP contribution in [0.3, 0.4) is 0 Å². The number of benzene rings is 1. The normalized spacial score (nSPS) is 11.2. The van der Waals surface area contributed by atoms with Crippen LogP contribution in [0, 0.1) is 0 Å². The molecule has 21 heavy (non-hydrogen) atoms. The van der Waals surface area contributed by atoms with Gasteiger partial charge in [-0.15, -0.1) is 0 Å². The van der Waals surface area contributed by atoms with Crippen LogP contribution >= 0.6 is 23.2 Å². The molecule has 0 aliphatic rings. The zero-order chi connectivity index (χ0) is 15.6. The number of aromatic nitrogens is 2. The smallest absolute Gasteiger partial charge is 0.238 e. The molecule has 0 fully saturated rings. The molecular formula is C11H8Cl2N4O3S. The summed E-state index contributed by atoms with van der Waals surface area (Å²) in [4.78, 5) is 18.4. The van der Waals surface area contributed by atoms with E-state index in [0.717, 1.165) is 0 Å². The lowest BCUT2D eigenvalue weighted by Crippen LogP contribution is -2.11. The summed E-state index contributed by atoms with van der Waals surface area (Å²) < 4.78 is 22.3. The molecule has 0 spiro atoms. The summed E-state index contributed by atoms with van der Waals surface area (Å²) in [5.74, 6) is 0.0685. The second-order valence-corrected chi connectivity index (χ2v) is 6.13. The summed E-state index contributed by atoms with van der Waals surface area (Å²) in [6.45, 7) is 0. The van der Waals surface area contributed by atoms with Gasteiger partial charge in [-0.2, -0.15) is 9.97 Å². The highest BCUT2D eigenvalue weighted by molar-refractivity contribution is 7.89. The number of halogens is 2. The number of hydrogen-bond donors (Lipinski definition) is 2. The van der Waals surface area contributed by atoms with Gasteiger partial charge in [0.05, 0.1) is 10.5 Å². The number of hydrogen-bond acceptors (Lipinski definition) is 6. The average Bonchev–Trinajstić information content (AvgIpc) is 2.38. The molecule has 0 aliphatic carbocycles. The van der Waals surface area contributed by atoms with E-state index in [1.54, 1.807) is 0 Å². The van der Waals surface area contributed by atoms with Gasteiger partial charge in [0, 0.05) is 5.69 Å². The highest BCUT2D eigenvalue weighted by Gasteiger charge is 2.11. The van der Waals surface area contributed by atoms with Gasteiger partial charge < -0.3 is 5.32 Å². The summed E-state index contributed by atoms with van der Waals surface area (Å²) in [6.07, 6.45) is 0.454. The van der Waals surface area contributed by atoms with Crippen molar-refractivity contribution >= 4 is 51.1 Å². The summed E-state index contributed by atoms with van der Waals surface area (Å²) in [5.41, 5.74) is 0.488. The summed E-state index contributed by atoms with van der Waals surface area (Å²) in [6, 6.07) is 5.58. The third-order valence-electron chi connectivity index (χ3n) is 2.41. The van der Waals surface area contributed by atoms with Crippen molar-refractivity contribution in [3.8, 4) is 0 Å². The Morgan fingerprint density at radius 3 is 2.05 bits per heavy atom. The first kappa shape index (κ1) is 15.6. The Hall–Kier alpha value is -1.74. The maximum Gasteiger partial charge on any atom is 0.238 e. The van der Waals surface area contributed by atoms with Crippen molar-refractivity contribution in [3.05, 3.63) is 40.1 Å². The van der Waals surface area contributed by atoms with Crippen LogP contribution < -0.4 is 10.5 Å². The lowest BCUT2D eigenvalue weighted by atomic mass is 10.3. The first-order chi connectivity index (χ1) is 9.81. The summed E-state index contributed by atoms with van der Waals surface area (Å²) in [7, 11) is -3.75. The Labute approximate surface area is 130 Å². The number of sulfonamides is 1. The highest BCUT2D eigenvalue weighted by atomic mass is 35.5. The van der Waals surface area contributed by atoms with Crippen LogP contribution in [0.1, 0.15) is 10.4 Å². The molecular weight excluding hydrogens is 339 g/mol. The van der Waals surface area contributed by atoms with E-state index in [2.05, 4.69) is 15.3 Å². The van der Waals surface area contributed by atoms with Crippen molar-refractivity contribution in [2.45, 2.75) is 4.90 Å². The van der Waals surface area contributed by atoms with Gasteiger partial charge in [-0.3, -0.25) is 4.79 Å². The molecule has 0 amide bonds. The molecule has 0 bridgehead atoms. The number of carbonyl (C=O) groups excluding carboxylic acids is 1. The number of nitrogens with one attached hydrogen (secondary N) is 1. The van der Waals surface area contributed by atoms with E-state index >= 15 is 0 Å². The Bertz CT molecular complexity index is 771. The molecule has 0 radical (unpaired) electrons. The van der Waals surface area contributed by atoms with Crippen molar-refractivity contribution in [2.24, 2.45) is 5.14 Å². The van der Waals surface area contributed by atoms with Gasteiger partial charge in [0.1, 0.15) is 10.3 Å². The molecule has 1 aromatic heterocycles. The number of nitrogens with two attached hydrogens (primary N) is 1. The van der Waals surface area contributed by atoms with Crippen LogP contribution in [0.25, 0.3) is 0 Å². The minimum Gasteiger partial charge on any atom is -0.324 e. The SMILES string of the molecule is NS(=O)(=O)c1ccc(Nc2nc(Cl)c(C=O)c(Cl)n2)cc1. The first-order valence-electron chi connectivity index (χ1n) is 5.39. The fourth-order valence-corrected chi connectivity index (χ4v) is 2.42. The van der Waals surface area contributed by atoms with Crippen molar-refractivity contribution in [3.63, 3.8) is 0 Å². The zero-order valence-electron chi connectivity index (χ0n) is 10.2. The average molecular weight is 347 g/mol. The van der Waals surface area contributed by atoms with Crippen LogP contribution in [0.2, 0.25) is 10.3 Å². The van der Waals surface area contributed by atoms with Crippen LogP contribution in [0.4, 0.5) is 11.6 Å². The molecule has 0 saturated carbocycles. The van der Waals surface area contributed by atoms with Gasteiger partial charge in [-0.05, 0) is 24.3 Å². The quantitative estimate of drug-likeness (QED) is 0.646. The van der Waals surface area contributed by atoms with Crippen molar-refractivity contribution in [2.75, 3.05) is 5.32 Å². The monoisotopic (exact) mass is 346 g/mol. The Morgan fingerprint density at radius 1 is 1.10 bits per heavy atom. The fourth-order valence-electron chi connectivity index (χ4n) is 1.43. The molecule has 0 atom stereocenters. The zero-order valence-corrected chi connectivity index (χ0v) is 12.6. The summed E-state index contributed by atoms with van der Waals surface area (Å²) >= 11 is 11.6. The third-order valence-corrected chi connectivity index (χ3v) is 3.91. The maximum absolute atomic E-state index is 11.1. The van der Waals surface area contributed by atoms with Gasteiger partial charge in [0.15, 0.2) is 6.29 Å². The largest absolute Gasteiger partial charge is 0.324 e. The van der Waals surface area contributed by atoms with Crippen molar-refractivity contribution in [1.29, 1.82) is 0 Å². The van der Waals surface area contributed by atoms with E-state index in [4.69, 9.17) is 28.3 Å². The van der Waals surface area contributed by atoms with E-state index in [1.165, 1.54) is 24.3 Å². The van der Waals surface area contributed by atoms with Crippen molar-refractivity contribution < 1.29 is 13.2 Å². The van der Waals surface area contributed by atoms with Crippen LogP contribution in [-0.4, -0.2) is 24.7 Å². The molecule has 7 nitrogen and oxygen atoms in total. The second kappa shape index (κ2) is 5.94. The predicted octanol–water partition coefficient (Wildman–Crippen LogP) is 1.99. The topological polar surface area (TPSA) is 115 Å². The molecule has 0 unspecified atom stereocenters. The van der Waals surface area contributed by atoms with E-state index in [1.807, 2.05) is 0 Å². The highest BCUT2D eigenvalue weighted by Crippen LogP contribution is 2.23. The van der Waals surface area contributed by atoms with Crippen molar-refractivity contribution in [1.82, 2.24) is 9.97 Å². The Kier molecular flexibility index (Phi) is 4.43. The van der Waals surface area contributed by atoms with Gasteiger partial charge in [0.2, 0.25) is 16.0 Å². The molecule has 1 heterocycles. The van der Waals surface area contributed by atoms with E-state index in [9.17, 15) is 13.2 Å². The number of anilines is 2. The first-order valence-corrected chi connectivity index (χ1v) is 7.69. The molecule has 0 aliphatic heterocycles. The number of primary sulfonamides is 1. The van der Waals surface area contributed by atoms with Gasteiger partial charge in [-0.25, -0.2) is 13.6 Å². The van der Waals surface area contributed by atoms with E-state index in [0.29, 0.717) is 12.0 Å². The predicted molar refractivity (Wildman–Crippen MR) is 78.5 cm³/mol.